The van der Waals surface area contributed by atoms with Gasteiger partial charge < -0.3 is 15.2 Å². The first-order valence-corrected chi connectivity index (χ1v) is 17.8. The van der Waals surface area contributed by atoms with Crippen molar-refractivity contribution in [3.8, 4) is 22.3 Å². The maximum absolute atomic E-state index is 5.25. The molecule has 2 N–H and O–H groups in total. The topological polar surface area (TPSA) is 41.4 Å². The summed E-state index contributed by atoms with van der Waals surface area (Å²) in [4.78, 5) is 5.25. The van der Waals surface area contributed by atoms with Gasteiger partial charge >= 0.3 is 0 Å². The van der Waals surface area contributed by atoms with Crippen molar-refractivity contribution in [2.24, 2.45) is 4.99 Å². The fourth-order valence-corrected chi connectivity index (χ4v) is 7.80. The van der Waals surface area contributed by atoms with E-state index in [1.54, 1.807) is 0 Å². The molecule has 0 saturated carbocycles. The molecular weight excluding hydrogens is 633 g/mol. The molecule has 1 aromatic heterocycles. The van der Waals surface area contributed by atoms with Crippen LogP contribution in [0.4, 0.5) is 22.7 Å². The summed E-state index contributed by atoms with van der Waals surface area (Å²) in [6.07, 6.45) is -0.198. The van der Waals surface area contributed by atoms with E-state index in [4.69, 9.17) is 4.99 Å². The third kappa shape index (κ3) is 5.12. The molecule has 0 amide bonds. The number of benzene rings is 8. The molecule has 0 fully saturated rings. The molecule has 0 radical (unpaired) electrons. The molecule has 4 heteroatoms. The summed E-state index contributed by atoms with van der Waals surface area (Å²) >= 11 is 0. The lowest BCUT2D eigenvalue weighted by molar-refractivity contribution is 0.759. The van der Waals surface area contributed by atoms with Crippen molar-refractivity contribution >= 4 is 61.0 Å². The highest BCUT2D eigenvalue weighted by Crippen LogP contribution is 2.42. The first-order valence-electron chi connectivity index (χ1n) is 17.8. The molecule has 0 bridgehead atoms. The summed E-state index contributed by atoms with van der Waals surface area (Å²) in [6.45, 7) is 0. The lowest BCUT2D eigenvalue weighted by Gasteiger charge is -2.30. The summed E-state index contributed by atoms with van der Waals surface area (Å²) in [5.41, 5.74) is 13.3. The van der Waals surface area contributed by atoms with Gasteiger partial charge in [-0.15, -0.1) is 0 Å². The molecule has 0 spiro atoms. The van der Waals surface area contributed by atoms with Gasteiger partial charge in [-0.25, -0.2) is 4.99 Å². The number of hydrogen-bond donors (Lipinski definition) is 2. The van der Waals surface area contributed by atoms with Crippen LogP contribution >= 0.6 is 0 Å². The predicted molar refractivity (Wildman–Crippen MR) is 219 cm³/mol. The molecule has 4 nitrogen and oxygen atoms in total. The summed E-state index contributed by atoms with van der Waals surface area (Å²) in [7, 11) is 0. The van der Waals surface area contributed by atoms with E-state index in [9.17, 15) is 0 Å². The lowest BCUT2D eigenvalue weighted by Crippen LogP contribution is -2.30. The van der Waals surface area contributed by atoms with Crippen molar-refractivity contribution in [3.05, 3.63) is 194 Å². The average Bonchev–Trinajstić information content (AvgIpc) is 3.54. The first-order chi connectivity index (χ1) is 25.8. The Labute approximate surface area is 302 Å². The van der Waals surface area contributed by atoms with Crippen molar-refractivity contribution < 1.29 is 0 Å². The second kappa shape index (κ2) is 12.4. The van der Waals surface area contributed by atoms with Crippen LogP contribution in [-0.2, 0) is 0 Å². The molecule has 246 valence electrons. The SMILES string of the molecule is c1ccc(Nc2ccc3ccccc3c2-c2cccc(-c3ccc4c(c3)c3ccccc3n4C3Nc4ccccc4N=C3c3ccccc3)c2)cc1. The second-order valence-electron chi connectivity index (χ2n) is 13.3. The first kappa shape index (κ1) is 30.0. The number of anilines is 3. The third-order valence-corrected chi connectivity index (χ3v) is 10.2. The highest BCUT2D eigenvalue weighted by Gasteiger charge is 2.28. The standard InChI is InChI=1S/C48H34N4/c1-3-15-33(16-4-1)47-48(51-42-24-11-10-23-41(42)50-47)52-44-25-12-9-22-39(44)40-31-35(27-29-45(40)52)34-17-13-18-36(30-34)46-38-21-8-7-14-32(38)26-28-43(46)49-37-19-5-2-6-20-37/h1-31,48-49,51H. The van der Waals surface area contributed by atoms with Crippen molar-refractivity contribution in [1.29, 1.82) is 0 Å². The zero-order valence-electron chi connectivity index (χ0n) is 28.4. The molecule has 8 aromatic carbocycles. The molecular formula is C48H34N4. The summed E-state index contributed by atoms with van der Waals surface area (Å²) in [5, 5.41) is 12.4. The fraction of sp³-hybridized carbons (Fsp3) is 0.0208. The molecule has 1 aliphatic heterocycles. The normalized spacial score (nSPS) is 13.8. The number of fused-ring (bicyclic) bond motifs is 5. The Balaban J connectivity index is 1.12. The fourth-order valence-electron chi connectivity index (χ4n) is 7.80. The molecule has 0 saturated heterocycles. The zero-order valence-corrected chi connectivity index (χ0v) is 28.4. The quantitative estimate of drug-likeness (QED) is 0.185. The zero-order chi connectivity index (χ0) is 34.4. The van der Waals surface area contributed by atoms with Crippen LogP contribution in [0.25, 0.3) is 54.8 Å². The highest BCUT2D eigenvalue weighted by atomic mass is 15.2. The minimum atomic E-state index is -0.198. The van der Waals surface area contributed by atoms with E-state index in [1.165, 1.54) is 43.8 Å². The van der Waals surface area contributed by atoms with Gasteiger partial charge in [0.1, 0.15) is 6.17 Å². The van der Waals surface area contributed by atoms with E-state index < -0.39 is 0 Å². The number of nitrogens with zero attached hydrogens (tertiary/aromatic N) is 2. The number of nitrogens with one attached hydrogen (secondary N) is 2. The second-order valence-corrected chi connectivity index (χ2v) is 13.3. The highest BCUT2D eigenvalue weighted by molar-refractivity contribution is 6.14. The molecule has 10 rings (SSSR count). The van der Waals surface area contributed by atoms with Crippen LogP contribution in [0.2, 0.25) is 0 Å². The van der Waals surface area contributed by atoms with Crippen LogP contribution < -0.4 is 10.6 Å². The Morgan fingerprint density at radius 2 is 1.15 bits per heavy atom. The van der Waals surface area contributed by atoms with E-state index in [0.717, 1.165) is 45.1 Å². The van der Waals surface area contributed by atoms with E-state index in [2.05, 4.69) is 191 Å². The Kier molecular flexibility index (Phi) is 7.17. The molecule has 0 aliphatic carbocycles. The number of aliphatic imine (C=N–C) groups is 1. The van der Waals surface area contributed by atoms with Crippen LogP contribution in [0.5, 0.6) is 0 Å². The number of rotatable bonds is 6. The van der Waals surface area contributed by atoms with Crippen LogP contribution in [0.3, 0.4) is 0 Å². The smallest absolute Gasteiger partial charge is 0.148 e. The van der Waals surface area contributed by atoms with Gasteiger partial charge in [0.2, 0.25) is 0 Å². The van der Waals surface area contributed by atoms with Gasteiger partial charge in [0.25, 0.3) is 0 Å². The van der Waals surface area contributed by atoms with Gasteiger partial charge in [-0.2, -0.15) is 0 Å². The van der Waals surface area contributed by atoms with Gasteiger partial charge in [0.15, 0.2) is 0 Å². The molecule has 1 aliphatic rings. The van der Waals surface area contributed by atoms with E-state index >= 15 is 0 Å². The van der Waals surface area contributed by atoms with Crippen molar-refractivity contribution in [3.63, 3.8) is 0 Å². The Bertz CT molecular complexity index is 2800. The van der Waals surface area contributed by atoms with E-state index in [-0.39, 0.29) is 6.17 Å². The molecule has 1 unspecified atom stereocenters. The summed E-state index contributed by atoms with van der Waals surface area (Å²) < 4.78 is 2.42. The average molecular weight is 667 g/mol. The molecule has 52 heavy (non-hydrogen) atoms. The number of para-hydroxylation sites is 4. The summed E-state index contributed by atoms with van der Waals surface area (Å²) in [6, 6.07) is 66.8. The van der Waals surface area contributed by atoms with E-state index in [1.807, 2.05) is 12.1 Å². The minimum absolute atomic E-state index is 0.198. The van der Waals surface area contributed by atoms with Crippen LogP contribution in [0.15, 0.2) is 193 Å². The maximum atomic E-state index is 5.25. The van der Waals surface area contributed by atoms with E-state index in [0.29, 0.717) is 0 Å². The van der Waals surface area contributed by atoms with Gasteiger partial charge in [-0.05, 0) is 82.1 Å². The maximum Gasteiger partial charge on any atom is 0.148 e. The minimum Gasteiger partial charge on any atom is -0.358 e. The molecule has 1 atom stereocenters. The van der Waals surface area contributed by atoms with Gasteiger partial charge in [-0.1, -0.05) is 133 Å². The Morgan fingerprint density at radius 3 is 2.04 bits per heavy atom. The largest absolute Gasteiger partial charge is 0.358 e. The van der Waals surface area contributed by atoms with Gasteiger partial charge in [0, 0.05) is 33.3 Å². The predicted octanol–water partition coefficient (Wildman–Crippen LogP) is 12.8. The monoisotopic (exact) mass is 666 g/mol. The lowest BCUT2D eigenvalue weighted by atomic mass is 9.93. The molecule has 2 heterocycles. The molecule has 9 aromatic rings. The third-order valence-electron chi connectivity index (χ3n) is 10.2. The van der Waals surface area contributed by atoms with Gasteiger partial charge in [0.05, 0.1) is 28.1 Å². The van der Waals surface area contributed by atoms with Crippen LogP contribution in [-0.4, -0.2) is 10.3 Å². The van der Waals surface area contributed by atoms with Crippen molar-refractivity contribution in [2.75, 3.05) is 10.6 Å². The van der Waals surface area contributed by atoms with Crippen LogP contribution in [0, 0.1) is 0 Å². The van der Waals surface area contributed by atoms with Crippen LogP contribution in [0.1, 0.15) is 11.7 Å². The van der Waals surface area contributed by atoms with Crippen molar-refractivity contribution in [2.45, 2.75) is 6.17 Å². The number of aromatic nitrogens is 1. The summed E-state index contributed by atoms with van der Waals surface area (Å²) in [5.74, 6) is 0. The van der Waals surface area contributed by atoms with Crippen molar-refractivity contribution in [1.82, 2.24) is 4.57 Å². The number of hydrogen-bond acceptors (Lipinski definition) is 3. The Hall–Kier alpha value is -6.91. The van der Waals surface area contributed by atoms with Gasteiger partial charge in [-0.3, -0.25) is 0 Å². The Morgan fingerprint density at radius 1 is 0.481 bits per heavy atom.